The summed E-state index contributed by atoms with van der Waals surface area (Å²) >= 11 is 0. The first-order chi connectivity index (χ1) is 9.66. The lowest BCUT2D eigenvalue weighted by Crippen LogP contribution is -2.54. The Balaban J connectivity index is 2.64. The Morgan fingerprint density at radius 2 is 1.81 bits per heavy atom. The third-order valence-corrected chi connectivity index (χ3v) is 3.95. The summed E-state index contributed by atoms with van der Waals surface area (Å²) in [4.78, 5) is 24.4. The van der Waals surface area contributed by atoms with E-state index in [-0.39, 0.29) is 6.42 Å². The largest absolute Gasteiger partial charge is 0.481 e. The van der Waals surface area contributed by atoms with Crippen LogP contribution in [-0.2, 0) is 9.59 Å². The summed E-state index contributed by atoms with van der Waals surface area (Å²) in [5.41, 5.74) is -0.777. The summed E-state index contributed by atoms with van der Waals surface area (Å²) in [7, 11) is 1.48. The van der Waals surface area contributed by atoms with Gasteiger partial charge in [0.15, 0.2) is 0 Å². The van der Waals surface area contributed by atoms with Gasteiger partial charge in [0.2, 0.25) is 5.91 Å². The van der Waals surface area contributed by atoms with Crippen molar-refractivity contribution in [2.24, 2.45) is 0 Å². The molecule has 1 aliphatic rings. The fraction of sp³-hybridized carbons (Fsp3) is 0.846. The second-order valence-corrected chi connectivity index (χ2v) is 5.53. The summed E-state index contributed by atoms with van der Waals surface area (Å²) in [5, 5.41) is 11.1. The lowest BCUT2D eigenvalue weighted by molar-refractivity contribution is -0.146. The summed E-state index contributed by atoms with van der Waals surface area (Å²) in [5.74, 6) is -1.51. The highest BCUT2D eigenvalue weighted by molar-refractivity contribution is 5.80. The Bertz CT molecular complexity index is 379. The molecule has 122 valence electrons. The van der Waals surface area contributed by atoms with Crippen LogP contribution < -0.4 is 5.32 Å². The van der Waals surface area contributed by atoms with Gasteiger partial charge in [-0.1, -0.05) is 19.3 Å². The highest BCUT2D eigenvalue weighted by Crippen LogP contribution is 2.35. The Kier molecular flexibility index (Phi) is 6.00. The zero-order chi connectivity index (χ0) is 16.1. The van der Waals surface area contributed by atoms with Gasteiger partial charge in [0.05, 0.1) is 25.0 Å². The number of alkyl halides is 3. The van der Waals surface area contributed by atoms with E-state index in [0.29, 0.717) is 12.8 Å². The van der Waals surface area contributed by atoms with Crippen LogP contribution in [0.2, 0.25) is 0 Å². The average Bonchev–Trinajstić information content (AvgIpc) is 2.36. The van der Waals surface area contributed by atoms with Crippen LogP contribution >= 0.6 is 0 Å². The number of carboxylic acids is 1. The van der Waals surface area contributed by atoms with Crippen molar-refractivity contribution in [3.63, 3.8) is 0 Å². The molecule has 0 aromatic carbocycles. The van der Waals surface area contributed by atoms with Crippen molar-refractivity contribution in [1.82, 2.24) is 10.2 Å². The third-order valence-electron chi connectivity index (χ3n) is 3.95. The minimum atomic E-state index is -4.37. The Morgan fingerprint density at radius 3 is 2.29 bits per heavy atom. The van der Waals surface area contributed by atoms with Crippen molar-refractivity contribution in [2.45, 2.75) is 50.2 Å². The van der Waals surface area contributed by atoms with E-state index in [1.807, 2.05) is 0 Å². The van der Waals surface area contributed by atoms with E-state index in [1.54, 1.807) is 0 Å². The molecular formula is C13H21F3N2O3. The van der Waals surface area contributed by atoms with Crippen LogP contribution in [-0.4, -0.2) is 53.7 Å². The number of carbonyl (C=O) groups is 2. The molecule has 21 heavy (non-hydrogen) atoms. The van der Waals surface area contributed by atoms with Gasteiger partial charge >= 0.3 is 12.1 Å². The predicted octanol–water partition coefficient (Wildman–Crippen LogP) is 1.77. The third kappa shape index (κ3) is 5.53. The summed E-state index contributed by atoms with van der Waals surface area (Å²) in [6.45, 7) is -1.68. The molecule has 0 unspecified atom stereocenters. The van der Waals surface area contributed by atoms with Gasteiger partial charge in [-0.05, 0) is 12.8 Å². The standard InChI is InChI=1S/C13H21F3N2O3/c1-18(10(19)8-17-9-13(14,15)16)12(7-11(20)21)5-3-2-4-6-12/h17H,2-9H2,1H3,(H,20,21). The van der Waals surface area contributed by atoms with Gasteiger partial charge in [0.1, 0.15) is 0 Å². The summed E-state index contributed by atoms with van der Waals surface area (Å²) in [6, 6.07) is 0. The van der Waals surface area contributed by atoms with Gasteiger partial charge in [-0.15, -0.1) is 0 Å². The second kappa shape index (κ2) is 7.11. The van der Waals surface area contributed by atoms with Crippen LogP contribution in [0, 0.1) is 0 Å². The maximum Gasteiger partial charge on any atom is 0.401 e. The first-order valence-electron chi connectivity index (χ1n) is 6.92. The number of aliphatic carboxylic acids is 1. The van der Waals surface area contributed by atoms with E-state index in [1.165, 1.54) is 11.9 Å². The molecule has 0 spiro atoms. The predicted molar refractivity (Wildman–Crippen MR) is 69.8 cm³/mol. The molecular weight excluding hydrogens is 289 g/mol. The minimum Gasteiger partial charge on any atom is -0.481 e. The Labute approximate surface area is 121 Å². The van der Waals surface area contributed by atoms with Gasteiger partial charge in [-0.25, -0.2) is 0 Å². The van der Waals surface area contributed by atoms with E-state index in [4.69, 9.17) is 5.11 Å². The van der Waals surface area contributed by atoms with Crippen molar-refractivity contribution in [3.8, 4) is 0 Å². The van der Waals surface area contributed by atoms with Crippen LogP contribution in [0.25, 0.3) is 0 Å². The minimum absolute atomic E-state index is 0.172. The average molecular weight is 310 g/mol. The van der Waals surface area contributed by atoms with Crippen LogP contribution in [0.5, 0.6) is 0 Å². The topological polar surface area (TPSA) is 69.6 Å². The van der Waals surface area contributed by atoms with Gasteiger partial charge in [0.25, 0.3) is 0 Å². The molecule has 2 N–H and O–H groups in total. The van der Waals surface area contributed by atoms with Crippen LogP contribution in [0.3, 0.4) is 0 Å². The smallest absolute Gasteiger partial charge is 0.401 e. The summed E-state index contributed by atoms with van der Waals surface area (Å²) < 4.78 is 36.1. The fourth-order valence-corrected chi connectivity index (χ4v) is 2.82. The number of hydrogen-bond donors (Lipinski definition) is 2. The number of nitrogens with zero attached hydrogens (tertiary/aromatic N) is 1. The van der Waals surface area contributed by atoms with Gasteiger partial charge in [-0.2, -0.15) is 13.2 Å². The van der Waals surface area contributed by atoms with E-state index in [9.17, 15) is 22.8 Å². The Morgan fingerprint density at radius 1 is 1.24 bits per heavy atom. The quantitative estimate of drug-likeness (QED) is 0.784. The van der Waals surface area contributed by atoms with Gasteiger partial charge in [-0.3, -0.25) is 9.59 Å². The molecule has 0 aromatic heterocycles. The number of likely N-dealkylation sites (N-methyl/N-ethyl adjacent to an activating group) is 1. The first-order valence-corrected chi connectivity index (χ1v) is 6.92. The number of halogens is 3. The number of rotatable bonds is 6. The molecule has 0 radical (unpaired) electrons. The zero-order valence-corrected chi connectivity index (χ0v) is 12.0. The molecule has 1 fully saturated rings. The van der Waals surface area contributed by atoms with Crippen molar-refractivity contribution in [3.05, 3.63) is 0 Å². The molecule has 1 rings (SSSR count). The van der Waals surface area contributed by atoms with Crippen LogP contribution in [0.4, 0.5) is 13.2 Å². The molecule has 1 aliphatic carbocycles. The van der Waals surface area contributed by atoms with Crippen molar-refractivity contribution < 1.29 is 27.9 Å². The molecule has 0 heterocycles. The van der Waals surface area contributed by atoms with Crippen LogP contribution in [0.15, 0.2) is 0 Å². The fourth-order valence-electron chi connectivity index (χ4n) is 2.82. The SMILES string of the molecule is CN(C(=O)CNCC(F)(F)F)C1(CC(=O)O)CCCCC1. The normalized spacial score (nSPS) is 18.3. The van der Waals surface area contributed by atoms with E-state index < -0.39 is 36.7 Å². The maximum absolute atomic E-state index is 12.0. The maximum atomic E-state index is 12.0. The van der Waals surface area contributed by atoms with Gasteiger partial charge in [0, 0.05) is 7.05 Å². The lowest BCUT2D eigenvalue weighted by atomic mass is 9.78. The molecule has 0 bridgehead atoms. The molecule has 8 heteroatoms. The zero-order valence-electron chi connectivity index (χ0n) is 12.0. The van der Waals surface area contributed by atoms with Crippen molar-refractivity contribution in [1.29, 1.82) is 0 Å². The van der Waals surface area contributed by atoms with E-state index in [0.717, 1.165) is 19.3 Å². The summed E-state index contributed by atoms with van der Waals surface area (Å²) in [6.07, 6.45) is -0.782. The number of hydrogen-bond acceptors (Lipinski definition) is 3. The molecule has 0 aliphatic heterocycles. The molecule has 5 nitrogen and oxygen atoms in total. The highest BCUT2D eigenvalue weighted by atomic mass is 19.4. The van der Waals surface area contributed by atoms with Crippen molar-refractivity contribution in [2.75, 3.05) is 20.1 Å². The number of carbonyl (C=O) groups excluding carboxylic acids is 1. The first kappa shape index (κ1) is 17.7. The lowest BCUT2D eigenvalue weighted by Gasteiger charge is -2.44. The second-order valence-electron chi connectivity index (χ2n) is 5.53. The number of nitrogens with one attached hydrogen (secondary N) is 1. The molecule has 0 atom stereocenters. The highest BCUT2D eigenvalue weighted by Gasteiger charge is 2.40. The van der Waals surface area contributed by atoms with E-state index in [2.05, 4.69) is 5.32 Å². The molecule has 0 aromatic rings. The van der Waals surface area contributed by atoms with Crippen LogP contribution in [0.1, 0.15) is 38.5 Å². The van der Waals surface area contributed by atoms with Crippen molar-refractivity contribution >= 4 is 11.9 Å². The van der Waals surface area contributed by atoms with E-state index >= 15 is 0 Å². The number of carboxylic acid groups (broad SMARTS) is 1. The molecule has 0 saturated heterocycles. The molecule has 1 amide bonds. The number of amides is 1. The monoisotopic (exact) mass is 310 g/mol. The Hall–Kier alpha value is -1.31. The molecule has 1 saturated carbocycles. The van der Waals surface area contributed by atoms with Gasteiger partial charge < -0.3 is 15.3 Å².